The Morgan fingerprint density at radius 3 is 2.29 bits per heavy atom. The number of halogens is 4. The summed E-state index contributed by atoms with van der Waals surface area (Å²) in [7, 11) is 0. The van der Waals surface area contributed by atoms with E-state index in [0.29, 0.717) is 11.1 Å². The normalized spacial score (nSPS) is 11.0. The fraction of sp³-hybridized carbons (Fsp3) is 0.133. The van der Waals surface area contributed by atoms with E-state index in [0.717, 1.165) is 12.1 Å². The molecule has 2 rings (SSSR count). The zero-order valence-electron chi connectivity index (χ0n) is 10.6. The highest BCUT2D eigenvalue weighted by molar-refractivity contribution is 5.68. The Labute approximate surface area is 118 Å². The van der Waals surface area contributed by atoms with E-state index in [1.807, 2.05) is 6.07 Å². The Kier molecular flexibility index (Phi) is 4.13. The quantitative estimate of drug-likeness (QED) is 0.783. The molecule has 2 aromatic rings. The van der Waals surface area contributed by atoms with Crippen molar-refractivity contribution in [3.63, 3.8) is 0 Å². The molecule has 0 aliphatic heterocycles. The molecule has 0 aromatic heterocycles. The summed E-state index contributed by atoms with van der Waals surface area (Å²) in [5.74, 6) is -0.880. The Bertz CT molecular complexity index is 672. The van der Waals surface area contributed by atoms with Crippen molar-refractivity contribution >= 4 is 0 Å². The van der Waals surface area contributed by atoms with Gasteiger partial charge in [-0.15, -0.1) is 13.2 Å². The molecule has 108 valence electrons. The molecule has 0 aliphatic rings. The van der Waals surface area contributed by atoms with Crippen LogP contribution in [0.3, 0.4) is 0 Å². The van der Waals surface area contributed by atoms with Gasteiger partial charge in [0.05, 0.1) is 12.5 Å². The molecule has 0 bridgehead atoms. The Balaban J connectivity index is 2.36. The lowest BCUT2D eigenvalue weighted by molar-refractivity contribution is -0.274. The summed E-state index contributed by atoms with van der Waals surface area (Å²) in [4.78, 5) is 0. The van der Waals surface area contributed by atoms with Gasteiger partial charge in [-0.1, -0.05) is 24.3 Å². The molecule has 2 nitrogen and oxygen atoms in total. The third kappa shape index (κ3) is 3.72. The average molecular weight is 295 g/mol. The molecular weight excluding hydrogens is 286 g/mol. The highest BCUT2D eigenvalue weighted by Gasteiger charge is 2.31. The number of ether oxygens (including phenoxy) is 1. The molecule has 0 atom stereocenters. The first-order valence-corrected chi connectivity index (χ1v) is 5.91. The first-order valence-electron chi connectivity index (χ1n) is 5.91. The van der Waals surface area contributed by atoms with Gasteiger partial charge in [0.1, 0.15) is 11.6 Å². The van der Waals surface area contributed by atoms with Crippen molar-refractivity contribution in [2.45, 2.75) is 12.8 Å². The van der Waals surface area contributed by atoms with Crippen LogP contribution in [0.15, 0.2) is 42.5 Å². The molecule has 0 amide bonds. The van der Waals surface area contributed by atoms with Crippen molar-refractivity contribution in [1.29, 1.82) is 5.26 Å². The molecule has 0 fully saturated rings. The van der Waals surface area contributed by atoms with Gasteiger partial charge in [0.2, 0.25) is 0 Å². The summed E-state index contributed by atoms with van der Waals surface area (Å²) in [6.45, 7) is 0. The summed E-state index contributed by atoms with van der Waals surface area (Å²) in [6.07, 6.45) is -4.88. The van der Waals surface area contributed by atoms with Crippen molar-refractivity contribution in [1.82, 2.24) is 0 Å². The van der Waals surface area contributed by atoms with Crippen LogP contribution in [-0.4, -0.2) is 6.36 Å². The van der Waals surface area contributed by atoms with Crippen LogP contribution in [0.1, 0.15) is 5.56 Å². The van der Waals surface area contributed by atoms with Gasteiger partial charge in [0.25, 0.3) is 0 Å². The van der Waals surface area contributed by atoms with E-state index in [1.165, 1.54) is 24.3 Å². The zero-order chi connectivity index (χ0) is 15.5. The molecule has 6 heteroatoms. The van der Waals surface area contributed by atoms with Crippen molar-refractivity contribution in [2.75, 3.05) is 0 Å². The minimum Gasteiger partial charge on any atom is -0.406 e. The molecule has 0 saturated heterocycles. The molecule has 0 aliphatic carbocycles. The molecule has 0 heterocycles. The highest BCUT2D eigenvalue weighted by Crippen LogP contribution is 2.29. The number of rotatable bonds is 3. The standard InChI is InChI=1S/C15H9F4NO/c16-14-3-1-2-12(13(14)8-9-20)10-4-6-11(7-5-10)21-15(17,18)19/h1-7H,8H2. The Morgan fingerprint density at radius 1 is 1.05 bits per heavy atom. The van der Waals surface area contributed by atoms with E-state index < -0.39 is 12.2 Å². The number of nitrogens with zero attached hydrogens (tertiary/aromatic N) is 1. The van der Waals surface area contributed by atoms with Crippen LogP contribution < -0.4 is 4.74 Å². The summed E-state index contributed by atoms with van der Waals surface area (Å²) in [6, 6.07) is 11.2. The van der Waals surface area contributed by atoms with Crippen LogP contribution in [0.5, 0.6) is 5.75 Å². The summed E-state index contributed by atoms with van der Waals surface area (Å²) >= 11 is 0. The number of benzene rings is 2. The second kappa shape index (κ2) is 5.83. The summed E-state index contributed by atoms with van der Waals surface area (Å²) < 4.78 is 53.7. The topological polar surface area (TPSA) is 33.0 Å². The first-order chi connectivity index (χ1) is 9.90. The van der Waals surface area contributed by atoms with Crippen LogP contribution >= 0.6 is 0 Å². The lowest BCUT2D eigenvalue weighted by atomic mass is 9.97. The van der Waals surface area contributed by atoms with Gasteiger partial charge in [-0.2, -0.15) is 5.26 Å². The third-order valence-corrected chi connectivity index (χ3v) is 2.77. The SMILES string of the molecule is N#CCc1c(F)cccc1-c1ccc(OC(F)(F)F)cc1. The zero-order valence-corrected chi connectivity index (χ0v) is 10.6. The number of nitriles is 1. The van der Waals surface area contributed by atoms with Gasteiger partial charge in [-0.05, 0) is 29.3 Å². The van der Waals surface area contributed by atoms with E-state index in [4.69, 9.17) is 5.26 Å². The van der Waals surface area contributed by atoms with Crippen LogP contribution in [0.4, 0.5) is 17.6 Å². The summed E-state index contributed by atoms with van der Waals surface area (Å²) in [5, 5.41) is 8.73. The van der Waals surface area contributed by atoms with E-state index in [-0.39, 0.29) is 17.7 Å². The van der Waals surface area contributed by atoms with Crippen molar-refractivity contribution in [2.24, 2.45) is 0 Å². The predicted molar refractivity (Wildman–Crippen MR) is 67.8 cm³/mol. The van der Waals surface area contributed by atoms with E-state index in [9.17, 15) is 17.6 Å². The van der Waals surface area contributed by atoms with Gasteiger partial charge in [0, 0.05) is 5.56 Å². The lowest BCUT2D eigenvalue weighted by Gasteiger charge is -2.11. The number of hydrogen-bond donors (Lipinski definition) is 0. The molecule has 21 heavy (non-hydrogen) atoms. The van der Waals surface area contributed by atoms with E-state index in [2.05, 4.69) is 4.74 Å². The smallest absolute Gasteiger partial charge is 0.406 e. The maximum atomic E-state index is 13.7. The average Bonchev–Trinajstić information content (AvgIpc) is 2.40. The van der Waals surface area contributed by atoms with E-state index >= 15 is 0 Å². The second-order valence-corrected chi connectivity index (χ2v) is 4.17. The molecule has 0 spiro atoms. The maximum Gasteiger partial charge on any atom is 0.573 e. The van der Waals surface area contributed by atoms with Crippen molar-refractivity contribution in [3.05, 3.63) is 53.8 Å². The minimum absolute atomic E-state index is 0.122. The third-order valence-electron chi connectivity index (χ3n) is 2.77. The van der Waals surface area contributed by atoms with Crippen LogP contribution in [0.2, 0.25) is 0 Å². The maximum absolute atomic E-state index is 13.7. The molecule has 0 unspecified atom stereocenters. The fourth-order valence-electron chi connectivity index (χ4n) is 1.92. The Morgan fingerprint density at radius 2 is 1.71 bits per heavy atom. The highest BCUT2D eigenvalue weighted by atomic mass is 19.4. The first kappa shape index (κ1) is 14.9. The molecule has 0 saturated carbocycles. The van der Waals surface area contributed by atoms with Gasteiger partial charge < -0.3 is 4.74 Å². The lowest BCUT2D eigenvalue weighted by Crippen LogP contribution is -2.16. The van der Waals surface area contributed by atoms with Gasteiger partial charge in [-0.25, -0.2) is 4.39 Å². The minimum atomic E-state index is -4.76. The van der Waals surface area contributed by atoms with Gasteiger partial charge in [0.15, 0.2) is 0 Å². The van der Waals surface area contributed by atoms with Crippen molar-refractivity contribution < 1.29 is 22.3 Å². The fourth-order valence-corrected chi connectivity index (χ4v) is 1.92. The predicted octanol–water partition coefficient (Wildman–Crippen LogP) is 4.46. The molecular formula is C15H9F4NO. The monoisotopic (exact) mass is 295 g/mol. The van der Waals surface area contributed by atoms with Gasteiger partial charge in [-0.3, -0.25) is 0 Å². The second-order valence-electron chi connectivity index (χ2n) is 4.17. The number of alkyl halides is 3. The largest absolute Gasteiger partial charge is 0.573 e. The van der Waals surface area contributed by atoms with Crippen LogP contribution in [0.25, 0.3) is 11.1 Å². The van der Waals surface area contributed by atoms with Gasteiger partial charge >= 0.3 is 6.36 Å². The van der Waals surface area contributed by atoms with Crippen LogP contribution in [0, 0.1) is 17.1 Å². The molecule has 0 radical (unpaired) electrons. The molecule has 0 N–H and O–H groups in total. The van der Waals surface area contributed by atoms with E-state index in [1.54, 1.807) is 6.07 Å². The molecule has 2 aromatic carbocycles. The van der Waals surface area contributed by atoms with Crippen molar-refractivity contribution in [3.8, 4) is 22.9 Å². The summed E-state index contributed by atoms with van der Waals surface area (Å²) in [5.41, 5.74) is 1.19. The Hall–Kier alpha value is -2.55. The number of hydrogen-bond acceptors (Lipinski definition) is 2. The van der Waals surface area contributed by atoms with Crippen LogP contribution in [-0.2, 0) is 6.42 Å².